The summed E-state index contributed by atoms with van der Waals surface area (Å²) in [7, 11) is -3.67. The first-order valence-corrected chi connectivity index (χ1v) is 6.28. The average Bonchev–Trinajstić information content (AvgIpc) is 2.15. The number of halogens is 1. The number of primary sulfonamides is 1. The Morgan fingerprint density at radius 1 is 1.47 bits per heavy atom. The lowest BCUT2D eigenvalue weighted by Gasteiger charge is -2.05. The van der Waals surface area contributed by atoms with E-state index in [1.165, 1.54) is 0 Å². The Morgan fingerprint density at radius 3 is 2.65 bits per heavy atom. The first-order valence-electron chi connectivity index (χ1n) is 4.57. The van der Waals surface area contributed by atoms with Crippen LogP contribution >= 0.6 is 0 Å². The smallest absolute Gasteiger partial charge is 0.254 e. The number of carbonyl (C=O) groups excluding carboxylic acids is 1. The first kappa shape index (κ1) is 13.4. The second-order valence-electron chi connectivity index (χ2n) is 3.29. The van der Waals surface area contributed by atoms with E-state index in [9.17, 15) is 17.6 Å². The van der Waals surface area contributed by atoms with Gasteiger partial charge in [0, 0.05) is 12.6 Å². The predicted octanol–water partition coefficient (Wildman–Crippen LogP) is -0.450. The maximum absolute atomic E-state index is 13.2. The summed E-state index contributed by atoms with van der Waals surface area (Å²) in [5.41, 5.74) is -0.280. The molecule has 0 heterocycles. The fraction of sp³-hybridized carbons (Fsp3) is 0.222. The van der Waals surface area contributed by atoms with Crippen molar-refractivity contribution in [2.75, 3.05) is 12.3 Å². The van der Waals surface area contributed by atoms with Gasteiger partial charge in [0.25, 0.3) is 5.91 Å². The van der Waals surface area contributed by atoms with Gasteiger partial charge in [0.15, 0.2) is 0 Å². The van der Waals surface area contributed by atoms with Crippen molar-refractivity contribution < 1.29 is 22.7 Å². The molecule has 0 aliphatic carbocycles. The number of aromatic hydroxyl groups is 1. The minimum Gasteiger partial charge on any atom is -0.508 e. The van der Waals surface area contributed by atoms with Crippen molar-refractivity contribution in [3.63, 3.8) is 0 Å². The normalized spacial score (nSPS) is 11.2. The van der Waals surface area contributed by atoms with Crippen LogP contribution in [0, 0.1) is 5.82 Å². The second-order valence-corrected chi connectivity index (χ2v) is 5.02. The number of hydrogen-bond donors (Lipinski definition) is 3. The number of carbonyl (C=O) groups is 1. The lowest BCUT2D eigenvalue weighted by atomic mass is 10.2. The molecule has 1 amide bonds. The minimum absolute atomic E-state index is 0.210. The van der Waals surface area contributed by atoms with Crippen LogP contribution in [0.15, 0.2) is 18.2 Å². The predicted molar refractivity (Wildman–Crippen MR) is 58.4 cm³/mol. The van der Waals surface area contributed by atoms with E-state index in [0.717, 1.165) is 18.2 Å². The van der Waals surface area contributed by atoms with Gasteiger partial charge in [0.1, 0.15) is 11.6 Å². The third kappa shape index (κ3) is 4.37. The zero-order valence-electron chi connectivity index (χ0n) is 8.68. The van der Waals surface area contributed by atoms with Crippen molar-refractivity contribution in [3.05, 3.63) is 29.6 Å². The summed E-state index contributed by atoms with van der Waals surface area (Å²) in [6.45, 7) is -0.210. The molecule has 0 spiro atoms. The highest BCUT2D eigenvalue weighted by molar-refractivity contribution is 7.89. The Labute approximate surface area is 97.3 Å². The minimum atomic E-state index is -3.67. The summed E-state index contributed by atoms with van der Waals surface area (Å²) in [5, 5.41) is 15.9. The fourth-order valence-corrected chi connectivity index (χ4v) is 1.48. The third-order valence-electron chi connectivity index (χ3n) is 1.87. The first-order chi connectivity index (χ1) is 7.79. The highest BCUT2D eigenvalue weighted by atomic mass is 32.2. The third-order valence-corrected chi connectivity index (χ3v) is 2.64. The molecule has 1 rings (SSSR count). The fourth-order valence-electron chi connectivity index (χ4n) is 1.09. The monoisotopic (exact) mass is 262 g/mol. The van der Waals surface area contributed by atoms with E-state index in [-0.39, 0.29) is 17.9 Å². The average molecular weight is 262 g/mol. The molecule has 0 fully saturated rings. The Balaban J connectivity index is 2.65. The zero-order valence-corrected chi connectivity index (χ0v) is 9.50. The molecule has 0 atom stereocenters. The SMILES string of the molecule is NS(=O)(=O)CCNC(=O)c1ccc(O)cc1F. The number of phenolic OH excluding ortho intramolecular Hbond substituents is 1. The number of benzene rings is 1. The molecule has 8 heteroatoms. The van der Waals surface area contributed by atoms with Gasteiger partial charge in [-0.2, -0.15) is 0 Å². The molecule has 0 radical (unpaired) electrons. The van der Waals surface area contributed by atoms with Crippen LogP contribution in [0.4, 0.5) is 4.39 Å². The van der Waals surface area contributed by atoms with Gasteiger partial charge >= 0.3 is 0 Å². The highest BCUT2D eigenvalue weighted by Crippen LogP contribution is 2.14. The van der Waals surface area contributed by atoms with Crippen LogP contribution in [0.25, 0.3) is 0 Å². The Bertz CT molecular complexity index is 530. The largest absolute Gasteiger partial charge is 0.508 e. The van der Waals surface area contributed by atoms with Crippen LogP contribution in [-0.2, 0) is 10.0 Å². The van der Waals surface area contributed by atoms with E-state index >= 15 is 0 Å². The molecular weight excluding hydrogens is 251 g/mol. The summed E-state index contributed by atoms with van der Waals surface area (Å²) in [4.78, 5) is 11.4. The van der Waals surface area contributed by atoms with E-state index in [2.05, 4.69) is 5.32 Å². The van der Waals surface area contributed by atoms with Crippen molar-refractivity contribution in [1.29, 1.82) is 0 Å². The van der Waals surface area contributed by atoms with Crippen molar-refractivity contribution >= 4 is 15.9 Å². The van der Waals surface area contributed by atoms with Crippen molar-refractivity contribution in [2.24, 2.45) is 5.14 Å². The van der Waals surface area contributed by atoms with Gasteiger partial charge in [-0.3, -0.25) is 4.79 Å². The number of amides is 1. The maximum atomic E-state index is 13.2. The van der Waals surface area contributed by atoms with Crippen molar-refractivity contribution in [2.45, 2.75) is 0 Å². The van der Waals surface area contributed by atoms with Gasteiger partial charge in [-0.1, -0.05) is 0 Å². The number of rotatable bonds is 4. The Hall–Kier alpha value is -1.67. The van der Waals surface area contributed by atoms with Crippen LogP contribution in [0.1, 0.15) is 10.4 Å². The summed E-state index contributed by atoms with van der Waals surface area (Å²) >= 11 is 0. The molecule has 94 valence electrons. The van der Waals surface area contributed by atoms with E-state index in [1.54, 1.807) is 0 Å². The molecule has 0 saturated heterocycles. The highest BCUT2D eigenvalue weighted by Gasteiger charge is 2.12. The standard InChI is InChI=1S/C9H11FN2O4S/c10-8-5-6(13)1-2-7(8)9(14)12-3-4-17(11,15)16/h1-2,5,13H,3-4H2,(H,12,14)(H2,11,15,16). The van der Waals surface area contributed by atoms with Gasteiger partial charge in [-0.05, 0) is 12.1 Å². The molecule has 0 unspecified atom stereocenters. The van der Waals surface area contributed by atoms with E-state index in [0.29, 0.717) is 0 Å². The van der Waals surface area contributed by atoms with E-state index < -0.39 is 27.5 Å². The molecule has 6 nitrogen and oxygen atoms in total. The molecule has 4 N–H and O–H groups in total. The van der Waals surface area contributed by atoms with Crippen LogP contribution in [0.2, 0.25) is 0 Å². The summed E-state index contributed by atoms with van der Waals surface area (Å²) in [6.07, 6.45) is 0. The number of phenols is 1. The topological polar surface area (TPSA) is 109 Å². The number of sulfonamides is 1. The molecule has 1 aromatic rings. The molecule has 0 saturated carbocycles. The zero-order chi connectivity index (χ0) is 13.1. The molecule has 17 heavy (non-hydrogen) atoms. The number of hydrogen-bond acceptors (Lipinski definition) is 4. The maximum Gasteiger partial charge on any atom is 0.254 e. The molecule has 0 aromatic heterocycles. The van der Waals surface area contributed by atoms with Gasteiger partial charge in [-0.25, -0.2) is 17.9 Å². The van der Waals surface area contributed by atoms with Gasteiger partial charge in [-0.15, -0.1) is 0 Å². The molecule has 1 aromatic carbocycles. The Morgan fingerprint density at radius 2 is 2.12 bits per heavy atom. The van der Waals surface area contributed by atoms with Gasteiger partial charge < -0.3 is 10.4 Å². The molecule has 0 aliphatic rings. The van der Waals surface area contributed by atoms with E-state index in [1.807, 2.05) is 0 Å². The number of nitrogens with one attached hydrogen (secondary N) is 1. The van der Waals surface area contributed by atoms with Crippen molar-refractivity contribution in [3.8, 4) is 5.75 Å². The summed E-state index contributed by atoms with van der Waals surface area (Å²) in [5.74, 6) is -2.40. The molecular formula is C9H11FN2O4S. The lowest BCUT2D eigenvalue weighted by molar-refractivity contribution is 0.0952. The lowest BCUT2D eigenvalue weighted by Crippen LogP contribution is -2.31. The second kappa shape index (κ2) is 5.11. The Kier molecular flexibility index (Phi) is 4.02. The van der Waals surface area contributed by atoms with Gasteiger partial charge in [0.2, 0.25) is 10.0 Å². The van der Waals surface area contributed by atoms with E-state index in [4.69, 9.17) is 10.2 Å². The van der Waals surface area contributed by atoms with Crippen molar-refractivity contribution in [1.82, 2.24) is 5.32 Å². The molecule has 0 bridgehead atoms. The van der Waals surface area contributed by atoms with Crippen LogP contribution in [-0.4, -0.2) is 31.7 Å². The van der Waals surface area contributed by atoms with Gasteiger partial charge in [0.05, 0.1) is 11.3 Å². The quantitative estimate of drug-likeness (QED) is 0.682. The molecule has 0 aliphatic heterocycles. The summed E-state index contributed by atoms with van der Waals surface area (Å²) in [6, 6.07) is 3.03. The van der Waals surface area contributed by atoms with Crippen LogP contribution in [0.5, 0.6) is 5.75 Å². The van der Waals surface area contributed by atoms with Crippen LogP contribution in [0.3, 0.4) is 0 Å². The summed E-state index contributed by atoms with van der Waals surface area (Å²) < 4.78 is 34.4. The van der Waals surface area contributed by atoms with Crippen LogP contribution < -0.4 is 10.5 Å². The number of nitrogens with two attached hydrogens (primary N) is 1.